The fourth-order valence-corrected chi connectivity index (χ4v) is 4.00. The Morgan fingerprint density at radius 3 is 1.43 bits per heavy atom. The van der Waals surface area contributed by atoms with Crippen molar-refractivity contribution in [2.45, 2.75) is 25.7 Å². The van der Waals surface area contributed by atoms with Gasteiger partial charge in [0.2, 0.25) is 11.5 Å². The third-order valence-corrected chi connectivity index (χ3v) is 6.29. The summed E-state index contributed by atoms with van der Waals surface area (Å²) >= 11 is 4.94. The number of alkyl halides is 6. The number of aromatic hydroxyl groups is 2. The van der Waals surface area contributed by atoms with Gasteiger partial charge in [-0.15, -0.1) is 0 Å². The number of benzene rings is 2. The van der Waals surface area contributed by atoms with Crippen LogP contribution in [0.2, 0.25) is 0 Å². The van der Waals surface area contributed by atoms with Crippen molar-refractivity contribution in [2.75, 3.05) is 0 Å². The van der Waals surface area contributed by atoms with Gasteiger partial charge in [-0.25, -0.2) is 0 Å². The van der Waals surface area contributed by atoms with Crippen molar-refractivity contribution in [3.8, 4) is 11.5 Å². The summed E-state index contributed by atoms with van der Waals surface area (Å²) in [4.78, 5) is 71.1. The van der Waals surface area contributed by atoms with E-state index in [0.717, 1.165) is 54.9 Å². The molecule has 21 heteroatoms. The van der Waals surface area contributed by atoms with Gasteiger partial charge in [-0.3, -0.25) is 49.4 Å². The average molecular weight is 745 g/mol. The monoisotopic (exact) mass is 744 g/mol. The van der Waals surface area contributed by atoms with Crippen molar-refractivity contribution in [1.29, 1.82) is 0 Å². The van der Waals surface area contributed by atoms with E-state index in [1.807, 2.05) is 0 Å². The van der Waals surface area contributed by atoms with Crippen LogP contribution < -0.4 is 0 Å². The van der Waals surface area contributed by atoms with Gasteiger partial charge >= 0.3 is 23.7 Å². The first kappa shape index (κ1) is 40.9. The maximum atomic E-state index is 12.9. The van der Waals surface area contributed by atoms with Crippen LogP contribution in [0.25, 0.3) is 0 Å². The lowest BCUT2D eigenvalue weighted by molar-refractivity contribution is -0.386. The van der Waals surface area contributed by atoms with Gasteiger partial charge in [0.25, 0.3) is 5.24 Å². The maximum Gasteiger partial charge on any atom is 0.434 e. The number of nitro benzene ring substituents is 2. The number of phenols is 2. The molecular weight excluding hydrogens is 726 g/mol. The third-order valence-electron chi connectivity index (χ3n) is 6.09. The highest BCUT2D eigenvalue weighted by molar-refractivity contribution is 6.67. The number of carbonyl (C=O) groups is 4. The summed E-state index contributed by atoms with van der Waals surface area (Å²) in [5, 5.41) is 38.9. The molecule has 0 unspecified atom stereocenters. The van der Waals surface area contributed by atoms with E-state index in [4.69, 9.17) is 11.6 Å². The van der Waals surface area contributed by atoms with E-state index >= 15 is 0 Å². The molecule has 0 bridgehead atoms. The number of phenolic OH excluding ortho intramolecular Hbond substituents is 2. The second-order valence-corrected chi connectivity index (χ2v) is 9.85. The minimum absolute atomic E-state index is 0.0331. The number of nitro groups is 2. The first-order valence-corrected chi connectivity index (χ1v) is 13.7. The number of halogens is 7. The summed E-state index contributed by atoms with van der Waals surface area (Å²) < 4.78 is 75.0. The SMILES string of the molecule is CC(=O)c1cccc([N+](=O)[O-])c1O.O=C(CC(=O)c1cccc([N+](=O)[O-])c1O)c1cccnc1C(F)(F)F.O=C(Cl)c1cccnc1C(F)(F)F. The average Bonchev–Trinajstić information content (AvgIpc) is 3.04. The van der Waals surface area contributed by atoms with Crippen LogP contribution >= 0.6 is 11.6 Å². The van der Waals surface area contributed by atoms with Gasteiger partial charge in [-0.1, -0.05) is 12.1 Å². The highest BCUT2D eigenvalue weighted by atomic mass is 35.5. The Bertz CT molecular complexity index is 1970. The normalized spacial score (nSPS) is 10.8. The van der Waals surface area contributed by atoms with Crippen molar-refractivity contribution < 1.29 is 65.6 Å². The second kappa shape index (κ2) is 16.9. The smallest absolute Gasteiger partial charge is 0.434 e. The van der Waals surface area contributed by atoms with Crippen LogP contribution in [0.1, 0.15) is 66.2 Å². The summed E-state index contributed by atoms with van der Waals surface area (Å²) in [5.74, 6) is -4.15. The fourth-order valence-electron chi connectivity index (χ4n) is 3.85. The Labute approximate surface area is 285 Å². The molecule has 2 heterocycles. The fraction of sp³-hybridized carbons (Fsp3) is 0.133. The number of hydrogen-bond acceptors (Lipinski definition) is 12. The minimum Gasteiger partial charge on any atom is -0.502 e. The lowest BCUT2D eigenvalue weighted by atomic mass is 9.99. The molecule has 0 amide bonds. The van der Waals surface area contributed by atoms with Crippen molar-refractivity contribution in [3.63, 3.8) is 0 Å². The van der Waals surface area contributed by atoms with E-state index in [2.05, 4.69) is 9.97 Å². The molecule has 0 saturated heterocycles. The topological polar surface area (TPSA) is 221 Å². The number of hydrogen-bond donors (Lipinski definition) is 2. The molecule has 268 valence electrons. The molecule has 0 fully saturated rings. The lowest BCUT2D eigenvalue weighted by Gasteiger charge is -2.10. The minimum atomic E-state index is -4.89. The van der Waals surface area contributed by atoms with Crippen LogP contribution in [0, 0.1) is 20.2 Å². The highest BCUT2D eigenvalue weighted by Gasteiger charge is 2.38. The summed E-state index contributed by atoms with van der Waals surface area (Å²) in [7, 11) is 0. The zero-order valence-electron chi connectivity index (χ0n) is 25.2. The van der Waals surface area contributed by atoms with E-state index in [-0.39, 0.29) is 5.56 Å². The molecule has 2 aromatic carbocycles. The summed E-state index contributed by atoms with van der Waals surface area (Å²) in [6.07, 6.45) is -8.74. The molecule has 4 rings (SSSR count). The first-order valence-electron chi connectivity index (χ1n) is 13.3. The van der Waals surface area contributed by atoms with Crippen molar-refractivity contribution >= 4 is 45.6 Å². The highest BCUT2D eigenvalue weighted by Crippen LogP contribution is 2.33. The number of carbonyl (C=O) groups excluding carboxylic acids is 4. The molecule has 0 atom stereocenters. The number of aromatic nitrogens is 2. The molecule has 14 nitrogen and oxygen atoms in total. The van der Waals surface area contributed by atoms with Crippen molar-refractivity contribution in [2.24, 2.45) is 0 Å². The lowest BCUT2D eigenvalue weighted by Crippen LogP contribution is -2.17. The summed E-state index contributed by atoms with van der Waals surface area (Å²) in [6.45, 7) is 1.23. The molecule has 0 aliphatic heterocycles. The largest absolute Gasteiger partial charge is 0.502 e. The zero-order valence-corrected chi connectivity index (χ0v) is 26.0. The predicted octanol–water partition coefficient (Wildman–Crippen LogP) is 7.15. The summed E-state index contributed by atoms with van der Waals surface area (Å²) in [5.41, 5.74) is -5.88. The molecular formula is C30H19ClF6N4O10. The Kier molecular flexibility index (Phi) is 13.5. The van der Waals surface area contributed by atoms with E-state index in [0.29, 0.717) is 0 Å². The van der Waals surface area contributed by atoms with E-state index in [9.17, 15) is 76.0 Å². The van der Waals surface area contributed by atoms with Crippen molar-refractivity contribution in [3.05, 3.63) is 127 Å². The van der Waals surface area contributed by atoms with Gasteiger partial charge in [-0.05, 0) is 54.9 Å². The molecule has 0 saturated carbocycles. The van der Waals surface area contributed by atoms with E-state index in [1.165, 1.54) is 25.1 Å². The van der Waals surface area contributed by atoms with Gasteiger partial charge in [0.05, 0.1) is 33.0 Å². The molecule has 2 aromatic heterocycles. The molecule has 0 aliphatic rings. The van der Waals surface area contributed by atoms with Gasteiger partial charge in [0, 0.05) is 30.1 Å². The molecule has 2 N–H and O–H groups in total. The third kappa shape index (κ3) is 10.8. The van der Waals surface area contributed by atoms with Crippen LogP contribution in [0.5, 0.6) is 11.5 Å². The first-order chi connectivity index (χ1) is 23.6. The number of Topliss-reactive ketones (excluding diaryl/α,β-unsaturated/α-hetero) is 3. The molecule has 4 aromatic rings. The van der Waals surface area contributed by atoms with Gasteiger partial charge in [0.15, 0.2) is 28.7 Å². The second-order valence-electron chi connectivity index (χ2n) is 9.51. The van der Waals surface area contributed by atoms with Gasteiger partial charge in [-0.2, -0.15) is 26.3 Å². The Morgan fingerprint density at radius 1 is 0.667 bits per heavy atom. The van der Waals surface area contributed by atoms with Crippen LogP contribution in [0.15, 0.2) is 73.1 Å². The Hall–Kier alpha value is -6.31. The number of para-hydroxylation sites is 2. The van der Waals surface area contributed by atoms with Crippen LogP contribution in [-0.4, -0.2) is 52.6 Å². The zero-order chi connectivity index (χ0) is 38.8. The van der Waals surface area contributed by atoms with Crippen LogP contribution in [-0.2, 0) is 12.4 Å². The van der Waals surface area contributed by atoms with Gasteiger partial charge in [0.1, 0.15) is 0 Å². The molecule has 51 heavy (non-hydrogen) atoms. The predicted molar refractivity (Wildman–Crippen MR) is 161 cm³/mol. The number of rotatable bonds is 8. The molecule has 0 spiro atoms. The maximum absolute atomic E-state index is 12.9. The van der Waals surface area contributed by atoms with Crippen LogP contribution in [0.3, 0.4) is 0 Å². The molecule has 0 radical (unpaired) electrons. The van der Waals surface area contributed by atoms with E-state index < -0.39 is 102 Å². The quantitative estimate of drug-likeness (QED) is 0.0458. The standard InChI is InChI=1S/C15H9F3N2O5.C8H7NO4.C7H3ClF3NO/c16-15(17,18)14-9(4-2-6-19-14)12(22)7-11(21)8-3-1-5-10(13(8)23)20(24)25;1-5(10)6-3-2-4-7(8(6)11)9(12)13;8-6(13)4-2-1-3-12-5(4)7(9,10)11/h1-6,23H,7H2;2-4,11H,1H3;1-3H. The van der Waals surface area contributed by atoms with Crippen LogP contribution in [0.4, 0.5) is 37.7 Å². The Morgan fingerprint density at radius 2 is 1.04 bits per heavy atom. The molecule has 0 aliphatic carbocycles. The summed E-state index contributed by atoms with van der Waals surface area (Å²) in [6, 6.07) is 11.1. The van der Waals surface area contributed by atoms with Gasteiger partial charge < -0.3 is 10.2 Å². The van der Waals surface area contributed by atoms with Crippen molar-refractivity contribution in [1.82, 2.24) is 9.97 Å². The Balaban J connectivity index is 0.000000292. The number of ketones is 3. The van der Waals surface area contributed by atoms with E-state index in [1.54, 1.807) is 0 Å². The number of nitrogens with zero attached hydrogens (tertiary/aromatic N) is 4. The number of pyridine rings is 2.